The average Bonchev–Trinajstić information content (AvgIpc) is 2.70. The van der Waals surface area contributed by atoms with Crippen LogP contribution >= 0.6 is 22.6 Å². The predicted octanol–water partition coefficient (Wildman–Crippen LogP) is 4.83. The molecule has 0 aromatic heterocycles. The number of carbonyl (C=O) groups excluding carboxylic acids is 2. The summed E-state index contributed by atoms with van der Waals surface area (Å²) in [7, 11) is 0. The van der Waals surface area contributed by atoms with E-state index in [0.717, 1.165) is 60.3 Å². The maximum absolute atomic E-state index is 13.1. The fourth-order valence-corrected chi connectivity index (χ4v) is 5.58. The topological polar surface area (TPSA) is 66.8 Å². The maximum atomic E-state index is 13.1. The van der Waals surface area contributed by atoms with Crippen molar-refractivity contribution in [3.63, 3.8) is 0 Å². The van der Waals surface area contributed by atoms with Crippen LogP contribution in [0.15, 0.2) is 34.7 Å². The molecule has 0 atom stereocenters. The minimum absolute atomic E-state index is 0.107. The van der Waals surface area contributed by atoms with Gasteiger partial charge >= 0.3 is 0 Å². The molecule has 2 aliphatic carbocycles. The largest absolute Gasteiger partial charge is 0.504 e. The number of halogens is 1. The number of benzene rings is 1. The van der Waals surface area contributed by atoms with E-state index in [1.54, 1.807) is 0 Å². The van der Waals surface area contributed by atoms with Crippen LogP contribution in [-0.2, 0) is 9.59 Å². The van der Waals surface area contributed by atoms with Crippen LogP contribution in [0.5, 0.6) is 11.5 Å². The molecule has 4 rings (SSSR count). The van der Waals surface area contributed by atoms with Crippen molar-refractivity contribution in [2.24, 2.45) is 0 Å². The van der Waals surface area contributed by atoms with E-state index in [4.69, 9.17) is 4.74 Å². The summed E-state index contributed by atoms with van der Waals surface area (Å²) >= 11 is 2.09. The van der Waals surface area contributed by atoms with Crippen LogP contribution in [0, 0.1) is 3.57 Å². The normalized spacial score (nSPS) is 20.2. The van der Waals surface area contributed by atoms with Gasteiger partial charge in [0.05, 0.1) is 10.2 Å². The Kier molecular flexibility index (Phi) is 5.73. The first kappa shape index (κ1) is 20.4. The van der Waals surface area contributed by atoms with Crippen molar-refractivity contribution in [2.75, 3.05) is 13.2 Å². The number of phenols is 1. The van der Waals surface area contributed by atoms with Crippen LogP contribution in [0.3, 0.4) is 0 Å². The Morgan fingerprint density at radius 1 is 1.03 bits per heavy atom. The van der Waals surface area contributed by atoms with Gasteiger partial charge in [-0.1, -0.05) is 0 Å². The minimum atomic E-state index is -0.364. The number of Topliss-reactive ketones (excluding diaryl/α,β-unsaturated/α-hetero) is 2. The van der Waals surface area contributed by atoms with Gasteiger partial charge in [0.1, 0.15) is 0 Å². The van der Waals surface area contributed by atoms with Crippen molar-refractivity contribution in [3.8, 4) is 11.5 Å². The van der Waals surface area contributed by atoms with Crippen LogP contribution in [0.1, 0.15) is 63.9 Å². The summed E-state index contributed by atoms with van der Waals surface area (Å²) in [5.74, 6) is 0.428. The molecule has 0 radical (unpaired) electrons. The smallest absolute Gasteiger partial charge is 0.171 e. The maximum Gasteiger partial charge on any atom is 0.171 e. The second-order valence-electron chi connectivity index (χ2n) is 7.73. The highest BCUT2D eigenvalue weighted by Gasteiger charge is 2.43. The fraction of sp³-hybridized carbons (Fsp3) is 0.478. The molecule has 0 amide bonds. The zero-order valence-electron chi connectivity index (χ0n) is 16.9. The Balaban J connectivity index is 1.97. The number of allylic oxidation sites excluding steroid dienone is 4. The molecule has 1 aliphatic heterocycles. The number of aromatic hydroxyl groups is 1. The van der Waals surface area contributed by atoms with E-state index in [-0.39, 0.29) is 23.2 Å². The minimum Gasteiger partial charge on any atom is -0.504 e. The zero-order chi connectivity index (χ0) is 20.7. The van der Waals surface area contributed by atoms with E-state index < -0.39 is 0 Å². The van der Waals surface area contributed by atoms with Crippen molar-refractivity contribution < 1.29 is 19.4 Å². The average molecular weight is 507 g/mol. The van der Waals surface area contributed by atoms with E-state index in [1.165, 1.54) is 0 Å². The molecule has 6 heteroatoms. The first-order valence-corrected chi connectivity index (χ1v) is 11.5. The van der Waals surface area contributed by atoms with Gasteiger partial charge in [0.15, 0.2) is 23.1 Å². The molecule has 0 saturated heterocycles. The van der Waals surface area contributed by atoms with Gasteiger partial charge in [0, 0.05) is 47.8 Å². The number of carbonyl (C=O) groups is 2. The predicted molar refractivity (Wildman–Crippen MR) is 119 cm³/mol. The third kappa shape index (κ3) is 3.39. The van der Waals surface area contributed by atoms with Crippen molar-refractivity contribution >= 4 is 34.2 Å². The summed E-state index contributed by atoms with van der Waals surface area (Å²) in [6.07, 6.45) is 4.49. The summed E-state index contributed by atoms with van der Waals surface area (Å²) in [5, 5.41) is 10.4. The van der Waals surface area contributed by atoms with Gasteiger partial charge in [0.25, 0.3) is 0 Å². The molecule has 1 N–H and O–H groups in total. The standard InChI is InChI=1S/C23H26INO4/c1-3-25-15-7-5-9-17(26)21(15)20(22-16(25)8-6-10-18(22)27)13-11-14(24)23(28)19(12-13)29-4-2/h11-12,20,28H,3-10H2,1-2H3. The Morgan fingerprint density at radius 3 is 2.14 bits per heavy atom. The molecule has 1 aromatic rings. The first-order chi connectivity index (χ1) is 14.0. The summed E-state index contributed by atoms with van der Waals surface area (Å²) in [5.41, 5.74) is 4.58. The van der Waals surface area contributed by atoms with Crippen molar-refractivity contribution in [1.29, 1.82) is 0 Å². The van der Waals surface area contributed by atoms with Gasteiger partial charge in [0.2, 0.25) is 0 Å². The lowest BCUT2D eigenvalue weighted by atomic mass is 9.71. The lowest BCUT2D eigenvalue weighted by molar-refractivity contribution is -0.117. The molecule has 29 heavy (non-hydrogen) atoms. The van der Waals surface area contributed by atoms with Gasteiger partial charge in [-0.25, -0.2) is 0 Å². The Morgan fingerprint density at radius 2 is 1.62 bits per heavy atom. The molecule has 0 unspecified atom stereocenters. The van der Waals surface area contributed by atoms with Gasteiger partial charge < -0.3 is 14.7 Å². The number of ketones is 2. The SMILES string of the molecule is CCOc1cc(C2C3=C(CCCC3=O)N(CC)C3=C2C(=O)CCC3)cc(I)c1O. The van der Waals surface area contributed by atoms with Crippen LogP contribution in [0.25, 0.3) is 0 Å². The molecule has 0 saturated carbocycles. The molecular formula is C23H26INO4. The van der Waals surface area contributed by atoms with Crippen LogP contribution in [0.4, 0.5) is 0 Å². The summed E-state index contributed by atoms with van der Waals surface area (Å²) in [6.45, 7) is 5.16. The molecular weight excluding hydrogens is 481 g/mol. The van der Waals surface area contributed by atoms with E-state index in [9.17, 15) is 14.7 Å². The number of hydrogen-bond donors (Lipinski definition) is 1. The number of hydrogen-bond acceptors (Lipinski definition) is 5. The molecule has 0 bridgehead atoms. The van der Waals surface area contributed by atoms with Crippen molar-refractivity contribution in [1.82, 2.24) is 4.90 Å². The third-order valence-electron chi connectivity index (χ3n) is 6.09. The van der Waals surface area contributed by atoms with Gasteiger partial charge in [-0.15, -0.1) is 0 Å². The monoisotopic (exact) mass is 507 g/mol. The highest BCUT2D eigenvalue weighted by Crippen LogP contribution is 2.50. The molecule has 0 spiro atoms. The lowest BCUT2D eigenvalue weighted by Crippen LogP contribution is -2.39. The second-order valence-corrected chi connectivity index (χ2v) is 8.90. The van der Waals surface area contributed by atoms with Gasteiger partial charge in [-0.2, -0.15) is 0 Å². The van der Waals surface area contributed by atoms with Gasteiger partial charge in [-0.3, -0.25) is 9.59 Å². The number of rotatable bonds is 4. The molecule has 1 heterocycles. The number of phenolic OH excluding ortho intramolecular Hbond substituents is 1. The van der Waals surface area contributed by atoms with E-state index >= 15 is 0 Å². The lowest BCUT2D eigenvalue weighted by Gasteiger charge is -2.43. The Bertz CT molecular complexity index is 902. The second kappa shape index (κ2) is 8.13. The molecule has 5 nitrogen and oxygen atoms in total. The molecule has 0 fully saturated rings. The summed E-state index contributed by atoms with van der Waals surface area (Å²) in [4.78, 5) is 28.5. The van der Waals surface area contributed by atoms with E-state index in [0.29, 0.717) is 28.8 Å². The van der Waals surface area contributed by atoms with Crippen LogP contribution in [0.2, 0.25) is 0 Å². The van der Waals surface area contributed by atoms with Crippen LogP contribution in [-0.4, -0.2) is 34.7 Å². The first-order valence-electron chi connectivity index (χ1n) is 10.4. The van der Waals surface area contributed by atoms with Crippen molar-refractivity contribution in [3.05, 3.63) is 43.8 Å². The zero-order valence-corrected chi connectivity index (χ0v) is 19.0. The van der Waals surface area contributed by atoms with Crippen molar-refractivity contribution in [2.45, 2.75) is 58.3 Å². The van der Waals surface area contributed by atoms with E-state index in [2.05, 4.69) is 34.4 Å². The molecule has 154 valence electrons. The number of ether oxygens (including phenoxy) is 1. The third-order valence-corrected chi connectivity index (χ3v) is 6.91. The summed E-state index contributed by atoms with van der Waals surface area (Å²) in [6, 6.07) is 3.70. The highest BCUT2D eigenvalue weighted by molar-refractivity contribution is 14.1. The molecule has 3 aliphatic rings. The fourth-order valence-electron chi connectivity index (χ4n) is 4.96. The van der Waals surface area contributed by atoms with Gasteiger partial charge in [-0.05, 0) is 79.8 Å². The Labute approximate surface area is 184 Å². The number of nitrogens with zero attached hydrogens (tertiary/aromatic N) is 1. The molecule has 1 aromatic carbocycles. The highest BCUT2D eigenvalue weighted by atomic mass is 127. The van der Waals surface area contributed by atoms with E-state index in [1.807, 2.05) is 19.1 Å². The quantitative estimate of drug-likeness (QED) is 0.592. The van der Waals surface area contributed by atoms with Crippen LogP contribution < -0.4 is 4.74 Å². The summed E-state index contributed by atoms with van der Waals surface area (Å²) < 4.78 is 6.31. The Hall–Kier alpha value is -1.83.